The van der Waals surface area contributed by atoms with E-state index in [9.17, 15) is 4.79 Å². The highest BCUT2D eigenvalue weighted by Gasteiger charge is 2.12. The van der Waals surface area contributed by atoms with Crippen molar-refractivity contribution < 1.29 is 9.53 Å². The molecule has 2 rings (SSSR count). The van der Waals surface area contributed by atoms with E-state index in [1.165, 1.54) is 0 Å². The number of nitrogens with one attached hydrogen (secondary N) is 2. The number of rotatable bonds is 5. The minimum atomic E-state index is 0.0958. The zero-order valence-corrected chi connectivity index (χ0v) is 10.7. The molecule has 1 aliphatic heterocycles. The maximum Gasteiger partial charge on any atom is 0.159 e. The van der Waals surface area contributed by atoms with Crippen molar-refractivity contribution in [3.8, 4) is 0 Å². The number of ketones is 1. The summed E-state index contributed by atoms with van der Waals surface area (Å²) in [5, 5.41) is 6.64. The zero-order valence-electron chi connectivity index (χ0n) is 10.7. The van der Waals surface area contributed by atoms with Crippen LogP contribution in [0, 0.1) is 0 Å². The molecule has 2 N–H and O–H groups in total. The van der Waals surface area contributed by atoms with Crippen molar-refractivity contribution in [2.24, 2.45) is 0 Å². The second-order valence-electron chi connectivity index (χ2n) is 4.55. The van der Waals surface area contributed by atoms with E-state index in [0.29, 0.717) is 6.10 Å². The highest BCUT2D eigenvalue weighted by molar-refractivity contribution is 5.94. The Kier molecular flexibility index (Phi) is 4.73. The Morgan fingerprint density at radius 3 is 3.17 bits per heavy atom. The van der Waals surface area contributed by atoms with Gasteiger partial charge in [0.05, 0.1) is 12.7 Å². The average molecular weight is 248 g/mol. The summed E-state index contributed by atoms with van der Waals surface area (Å²) in [5.41, 5.74) is 1.74. The Hall–Kier alpha value is -1.39. The third kappa shape index (κ3) is 3.82. The van der Waals surface area contributed by atoms with Gasteiger partial charge in [0, 0.05) is 30.9 Å². The number of carbonyl (C=O) groups is 1. The van der Waals surface area contributed by atoms with Crippen molar-refractivity contribution in [3.63, 3.8) is 0 Å². The molecule has 98 valence electrons. The van der Waals surface area contributed by atoms with E-state index in [2.05, 4.69) is 10.6 Å². The molecule has 0 aliphatic carbocycles. The number of ether oxygens (including phenoxy) is 1. The molecule has 0 saturated carbocycles. The van der Waals surface area contributed by atoms with Crippen LogP contribution >= 0.6 is 0 Å². The molecule has 1 fully saturated rings. The Labute approximate surface area is 108 Å². The summed E-state index contributed by atoms with van der Waals surface area (Å²) in [7, 11) is 0. The Morgan fingerprint density at radius 1 is 1.56 bits per heavy atom. The number of hydrogen-bond donors (Lipinski definition) is 2. The number of benzene rings is 1. The molecule has 1 aromatic carbocycles. The van der Waals surface area contributed by atoms with Gasteiger partial charge in [-0.3, -0.25) is 4.79 Å². The first-order valence-corrected chi connectivity index (χ1v) is 6.43. The van der Waals surface area contributed by atoms with Crippen molar-refractivity contribution in [3.05, 3.63) is 29.8 Å². The number of morpholine rings is 1. The van der Waals surface area contributed by atoms with Crippen molar-refractivity contribution in [2.45, 2.75) is 19.4 Å². The summed E-state index contributed by atoms with van der Waals surface area (Å²) in [6, 6.07) is 7.61. The van der Waals surface area contributed by atoms with Crippen LogP contribution in [-0.2, 0) is 4.74 Å². The summed E-state index contributed by atoms with van der Waals surface area (Å²) in [5.74, 6) is 0.0958. The van der Waals surface area contributed by atoms with Gasteiger partial charge < -0.3 is 15.4 Å². The molecule has 4 heteroatoms. The van der Waals surface area contributed by atoms with Crippen LogP contribution in [0.3, 0.4) is 0 Å². The molecule has 0 amide bonds. The van der Waals surface area contributed by atoms with Crippen molar-refractivity contribution in [2.75, 3.05) is 31.6 Å². The molecule has 18 heavy (non-hydrogen) atoms. The number of hydrogen-bond acceptors (Lipinski definition) is 4. The van der Waals surface area contributed by atoms with Gasteiger partial charge in [-0.05, 0) is 25.5 Å². The average Bonchev–Trinajstić information content (AvgIpc) is 2.40. The number of carbonyl (C=O) groups excluding carboxylic acids is 1. The second kappa shape index (κ2) is 6.52. The molecule has 1 saturated heterocycles. The molecule has 1 aromatic rings. The molecule has 1 atom stereocenters. The first kappa shape index (κ1) is 13.1. The molecule has 1 unspecified atom stereocenters. The lowest BCUT2D eigenvalue weighted by Gasteiger charge is -2.23. The van der Waals surface area contributed by atoms with Crippen molar-refractivity contribution in [1.29, 1.82) is 0 Å². The van der Waals surface area contributed by atoms with Gasteiger partial charge in [-0.15, -0.1) is 0 Å². The van der Waals surface area contributed by atoms with Crippen molar-refractivity contribution >= 4 is 11.5 Å². The summed E-state index contributed by atoms with van der Waals surface area (Å²) < 4.78 is 5.62. The molecule has 0 radical (unpaired) electrons. The predicted molar refractivity (Wildman–Crippen MR) is 72.2 cm³/mol. The molecule has 1 aliphatic rings. The first-order valence-electron chi connectivity index (χ1n) is 6.43. The maximum absolute atomic E-state index is 11.3. The van der Waals surface area contributed by atoms with Gasteiger partial charge in [0.1, 0.15) is 0 Å². The van der Waals surface area contributed by atoms with E-state index in [1.54, 1.807) is 6.92 Å². The molecule has 4 nitrogen and oxygen atoms in total. The topological polar surface area (TPSA) is 50.4 Å². The highest BCUT2D eigenvalue weighted by Crippen LogP contribution is 2.11. The molecular weight excluding hydrogens is 228 g/mol. The molecule has 0 bridgehead atoms. The van der Waals surface area contributed by atoms with E-state index in [1.807, 2.05) is 24.3 Å². The molecule has 1 heterocycles. The third-order valence-corrected chi connectivity index (χ3v) is 3.07. The fourth-order valence-electron chi connectivity index (χ4n) is 2.03. The highest BCUT2D eigenvalue weighted by atomic mass is 16.5. The van der Waals surface area contributed by atoms with E-state index < -0.39 is 0 Å². The van der Waals surface area contributed by atoms with Gasteiger partial charge in [0.15, 0.2) is 5.78 Å². The third-order valence-electron chi connectivity index (χ3n) is 3.07. The fourth-order valence-corrected chi connectivity index (χ4v) is 2.03. The summed E-state index contributed by atoms with van der Waals surface area (Å²) in [6.07, 6.45) is 1.26. The van der Waals surface area contributed by atoms with Gasteiger partial charge in [0.2, 0.25) is 0 Å². The van der Waals surface area contributed by atoms with E-state index in [4.69, 9.17) is 4.74 Å². The maximum atomic E-state index is 11.3. The molecule has 0 spiro atoms. The smallest absolute Gasteiger partial charge is 0.159 e. The quantitative estimate of drug-likeness (QED) is 0.778. The van der Waals surface area contributed by atoms with Crippen molar-refractivity contribution in [1.82, 2.24) is 5.32 Å². The van der Waals surface area contributed by atoms with Gasteiger partial charge in [-0.25, -0.2) is 0 Å². The molecular formula is C14H20N2O2. The molecule has 0 aromatic heterocycles. The van der Waals surface area contributed by atoms with Gasteiger partial charge in [-0.2, -0.15) is 0 Å². The Morgan fingerprint density at radius 2 is 2.44 bits per heavy atom. The van der Waals surface area contributed by atoms with Crippen LogP contribution in [0.15, 0.2) is 24.3 Å². The Bertz CT molecular complexity index is 401. The lowest BCUT2D eigenvalue weighted by atomic mass is 10.1. The predicted octanol–water partition coefficient (Wildman–Crippen LogP) is 1.68. The van der Waals surface area contributed by atoms with Crippen LogP contribution in [-0.4, -0.2) is 38.1 Å². The second-order valence-corrected chi connectivity index (χ2v) is 4.55. The van der Waals surface area contributed by atoms with Crippen LogP contribution in [0.4, 0.5) is 5.69 Å². The lowest BCUT2D eigenvalue weighted by molar-refractivity contribution is 0.0258. The lowest BCUT2D eigenvalue weighted by Crippen LogP contribution is -2.39. The van der Waals surface area contributed by atoms with E-state index in [0.717, 1.165) is 43.9 Å². The fraction of sp³-hybridized carbons (Fsp3) is 0.500. The summed E-state index contributed by atoms with van der Waals surface area (Å²) in [6.45, 7) is 5.11. The number of anilines is 1. The van der Waals surface area contributed by atoms with Crippen LogP contribution in [0.25, 0.3) is 0 Å². The van der Waals surface area contributed by atoms with Gasteiger partial charge in [0.25, 0.3) is 0 Å². The van der Waals surface area contributed by atoms with E-state index in [-0.39, 0.29) is 5.78 Å². The zero-order chi connectivity index (χ0) is 12.8. The Balaban J connectivity index is 1.78. The summed E-state index contributed by atoms with van der Waals surface area (Å²) in [4.78, 5) is 11.3. The summed E-state index contributed by atoms with van der Waals surface area (Å²) >= 11 is 0. The first-order chi connectivity index (χ1) is 8.75. The standard InChI is InChI=1S/C14H20N2O2/c1-11(17)12-3-2-4-13(9-12)16-6-5-14-10-15-7-8-18-14/h2-4,9,14-16H,5-8,10H2,1H3. The van der Waals surface area contributed by atoms with Gasteiger partial charge in [-0.1, -0.05) is 12.1 Å². The minimum Gasteiger partial charge on any atom is -0.385 e. The van der Waals surface area contributed by atoms with Crippen LogP contribution in [0.1, 0.15) is 23.7 Å². The largest absolute Gasteiger partial charge is 0.385 e. The van der Waals surface area contributed by atoms with Crippen LogP contribution < -0.4 is 10.6 Å². The van der Waals surface area contributed by atoms with Crippen LogP contribution in [0.2, 0.25) is 0 Å². The van der Waals surface area contributed by atoms with E-state index >= 15 is 0 Å². The van der Waals surface area contributed by atoms with Crippen LogP contribution in [0.5, 0.6) is 0 Å². The monoisotopic (exact) mass is 248 g/mol. The number of Topliss-reactive ketones (excluding diaryl/α,β-unsaturated/α-hetero) is 1. The SMILES string of the molecule is CC(=O)c1cccc(NCCC2CNCCO2)c1. The normalized spacial score (nSPS) is 19.5. The van der Waals surface area contributed by atoms with Gasteiger partial charge >= 0.3 is 0 Å². The minimum absolute atomic E-state index is 0.0958.